The maximum absolute atomic E-state index is 12.7. The molecule has 2 aliphatic rings. The van der Waals surface area contributed by atoms with Crippen molar-refractivity contribution in [1.29, 1.82) is 0 Å². The monoisotopic (exact) mass is 452 g/mol. The van der Waals surface area contributed by atoms with Gasteiger partial charge >= 0.3 is 5.97 Å². The highest BCUT2D eigenvalue weighted by atomic mass is 16.5. The van der Waals surface area contributed by atoms with E-state index in [1.165, 1.54) is 25.3 Å². The fraction of sp³-hybridized carbons (Fsp3) is 0.333. The van der Waals surface area contributed by atoms with Gasteiger partial charge in [-0.25, -0.2) is 4.79 Å². The molecule has 0 aliphatic carbocycles. The summed E-state index contributed by atoms with van der Waals surface area (Å²) in [5.74, 6) is -1.71. The molecule has 1 N–H and O–H groups in total. The number of carbonyl (C=O) groups excluding carboxylic acids is 4. The normalized spacial score (nSPS) is 17.2. The Morgan fingerprint density at radius 2 is 1.91 bits per heavy atom. The first-order valence-corrected chi connectivity index (χ1v) is 10.6. The van der Waals surface area contributed by atoms with E-state index in [0.717, 1.165) is 23.3 Å². The van der Waals surface area contributed by atoms with Crippen molar-refractivity contribution >= 4 is 29.4 Å². The Morgan fingerprint density at radius 1 is 1.12 bits per heavy atom. The molecule has 2 heterocycles. The zero-order valence-electron chi connectivity index (χ0n) is 18.4. The minimum absolute atomic E-state index is 0.0785. The molecule has 2 aliphatic heterocycles. The Morgan fingerprint density at radius 3 is 2.64 bits per heavy atom. The van der Waals surface area contributed by atoms with Crippen LogP contribution in [0.1, 0.15) is 49.5 Å². The Hall–Kier alpha value is -3.72. The number of amides is 3. The smallest absolute Gasteiger partial charge is 0.338 e. The minimum atomic E-state index is -0.776. The second-order valence-electron chi connectivity index (χ2n) is 7.94. The van der Waals surface area contributed by atoms with Gasteiger partial charge in [-0.2, -0.15) is 0 Å². The molecule has 33 heavy (non-hydrogen) atoms. The number of nitrogens with zero attached hydrogens (tertiary/aromatic N) is 1. The predicted molar refractivity (Wildman–Crippen MR) is 117 cm³/mol. The molecule has 0 radical (unpaired) electrons. The van der Waals surface area contributed by atoms with E-state index in [0.29, 0.717) is 18.0 Å². The van der Waals surface area contributed by atoms with Crippen LogP contribution >= 0.6 is 0 Å². The highest BCUT2D eigenvalue weighted by Gasteiger charge is 2.38. The van der Waals surface area contributed by atoms with E-state index in [1.807, 2.05) is 13.0 Å². The molecule has 0 aromatic heterocycles. The lowest BCUT2D eigenvalue weighted by atomic mass is 10.1. The lowest BCUT2D eigenvalue weighted by Gasteiger charge is -2.17. The zero-order valence-corrected chi connectivity index (χ0v) is 18.4. The van der Waals surface area contributed by atoms with E-state index in [4.69, 9.17) is 14.2 Å². The third-order valence-electron chi connectivity index (χ3n) is 5.58. The van der Waals surface area contributed by atoms with Crippen molar-refractivity contribution < 1.29 is 33.4 Å². The number of aryl methyl sites for hydroxylation is 1. The summed E-state index contributed by atoms with van der Waals surface area (Å²) < 4.78 is 15.8. The van der Waals surface area contributed by atoms with E-state index in [-0.39, 0.29) is 29.3 Å². The first-order valence-electron chi connectivity index (χ1n) is 10.6. The van der Waals surface area contributed by atoms with Crippen molar-refractivity contribution in [3.05, 3.63) is 58.7 Å². The molecular weight excluding hydrogens is 428 g/mol. The van der Waals surface area contributed by atoms with E-state index in [1.54, 1.807) is 12.1 Å². The van der Waals surface area contributed by atoms with Crippen molar-refractivity contribution in [2.24, 2.45) is 0 Å². The van der Waals surface area contributed by atoms with Crippen LogP contribution in [0.4, 0.5) is 5.69 Å². The summed E-state index contributed by atoms with van der Waals surface area (Å²) in [7, 11) is 1.49. The third kappa shape index (κ3) is 4.73. The Bertz CT molecular complexity index is 1120. The summed E-state index contributed by atoms with van der Waals surface area (Å²) in [4.78, 5) is 51.2. The number of hydrogen-bond acceptors (Lipinski definition) is 7. The SMILES string of the molecule is COc1ccc(C)cc1NC(=O)COC(=O)c1ccc2c(c1)C(=O)N(CC1CCCO1)C2=O. The van der Waals surface area contributed by atoms with Crippen LogP contribution in [-0.4, -0.2) is 61.6 Å². The van der Waals surface area contributed by atoms with Gasteiger partial charge in [0.05, 0.1) is 42.1 Å². The third-order valence-corrected chi connectivity index (χ3v) is 5.58. The molecule has 3 amide bonds. The van der Waals surface area contributed by atoms with Crippen LogP contribution in [0.5, 0.6) is 5.75 Å². The molecule has 0 saturated carbocycles. The number of esters is 1. The average Bonchev–Trinajstić information content (AvgIpc) is 3.40. The molecule has 9 heteroatoms. The fourth-order valence-electron chi connectivity index (χ4n) is 3.90. The zero-order chi connectivity index (χ0) is 23.5. The summed E-state index contributed by atoms with van der Waals surface area (Å²) in [6.45, 7) is 2.16. The van der Waals surface area contributed by atoms with Crippen molar-refractivity contribution in [1.82, 2.24) is 4.90 Å². The van der Waals surface area contributed by atoms with Gasteiger partial charge in [0.1, 0.15) is 5.75 Å². The number of anilines is 1. The number of hydrogen-bond donors (Lipinski definition) is 1. The van der Waals surface area contributed by atoms with Crippen LogP contribution in [0.25, 0.3) is 0 Å². The molecular formula is C24H24N2O7. The molecule has 2 aromatic carbocycles. The van der Waals surface area contributed by atoms with Crippen LogP contribution < -0.4 is 10.1 Å². The van der Waals surface area contributed by atoms with Crippen LogP contribution in [0, 0.1) is 6.92 Å². The molecule has 172 valence electrons. The molecule has 4 rings (SSSR count). The quantitative estimate of drug-likeness (QED) is 0.508. The fourth-order valence-corrected chi connectivity index (χ4v) is 3.90. The van der Waals surface area contributed by atoms with E-state index >= 15 is 0 Å². The molecule has 2 aromatic rings. The van der Waals surface area contributed by atoms with Gasteiger partial charge in [-0.3, -0.25) is 19.3 Å². The number of carbonyl (C=O) groups is 4. The predicted octanol–water partition coefficient (Wildman–Crippen LogP) is 2.57. The molecule has 1 fully saturated rings. The first-order chi connectivity index (χ1) is 15.9. The lowest BCUT2D eigenvalue weighted by molar-refractivity contribution is -0.119. The summed E-state index contributed by atoms with van der Waals surface area (Å²) in [6, 6.07) is 9.47. The lowest BCUT2D eigenvalue weighted by Crippen LogP contribution is -2.36. The standard InChI is InChI=1S/C24H24N2O7/c1-14-5-8-20(31-2)19(10-14)25-21(27)13-33-24(30)15-6-7-17-18(11-15)23(29)26(22(17)28)12-16-4-3-9-32-16/h5-8,10-11,16H,3-4,9,12-13H2,1-2H3,(H,25,27). The van der Waals surface area contributed by atoms with E-state index < -0.39 is 30.3 Å². The Labute approximate surface area is 190 Å². The van der Waals surface area contributed by atoms with Gasteiger partial charge in [-0.05, 0) is 55.7 Å². The van der Waals surface area contributed by atoms with Gasteiger partial charge in [0.2, 0.25) is 0 Å². The number of fused-ring (bicyclic) bond motifs is 1. The maximum Gasteiger partial charge on any atom is 0.338 e. The van der Waals surface area contributed by atoms with Crippen molar-refractivity contribution in [2.45, 2.75) is 25.9 Å². The number of methoxy groups -OCH3 is 1. The number of imide groups is 1. The second kappa shape index (κ2) is 9.41. The van der Waals surface area contributed by atoms with Gasteiger partial charge in [0.25, 0.3) is 17.7 Å². The molecule has 9 nitrogen and oxygen atoms in total. The average molecular weight is 452 g/mol. The molecule has 1 unspecified atom stereocenters. The summed E-state index contributed by atoms with van der Waals surface area (Å²) >= 11 is 0. The molecule has 0 bridgehead atoms. The molecule has 0 spiro atoms. The number of nitrogens with one attached hydrogen (secondary N) is 1. The minimum Gasteiger partial charge on any atom is -0.495 e. The first kappa shape index (κ1) is 22.5. The van der Waals surface area contributed by atoms with Gasteiger partial charge in [0, 0.05) is 6.61 Å². The van der Waals surface area contributed by atoms with Gasteiger partial charge in [-0.15, -0.1) is 0 Å². The largest absolute Gasteiger partial charge is 0.495 e. The van der Waals surface area contributed by atoms with Crippen molar-refractivity contribution in [2.75, 3.05) is 32.2 Å². The van der Waals surface area contributed by atoms with Crippen LogP contribution in [0.2, 0.25) is 0 Å². The highest BCUT2D eigenvalue weighted by molar-refractivity contribution is 6.22. The van der Waals surface area contributed by atoms with Crippen LogP contribution in [-0.2, 0) is 14.3 Å². The maximum atomic E-state index is 12.7. The molecule has 1 atom stereocenters. The van der Waals surface area contributed by atoms with Gasteiger partial charge in [-0.1, -0.05) is 6.07 Å². The number of benzene rings is 2. The van der Waals surface area contributed by atoms with Gasteiger partial charge < -0.3 is 19.5 Å². The van der Waals surface area contributed by atoms with Crippen LogP contribution in [0.3, 0.4) is 0 Å². The highest BCUT2D eigenvalue weighted by Crippen LogP contribution is 2.27. The van der Waals surface area contributed by atoms with Crippen molar-refractivity contribution in [3.63, 3.8) is 0 Å². The summed E-state index contributed by atoms with van der Waals surface area (Å²) in [5.41, 5.74) is 1.84. The Balaban J connectivity index is 1.39. The van der Waals surface area contributed by atoms with Gasteiger partial charge in [0.15, 0.2) is 6.61 Å². The van der Waals surface area contributed by atoms with Crippen molar-refractivity contribution in [3.8, 4) is 5.75 Å². The second-order valence-corrected chi connectivity index (χ2v) is 7.94. The summed E-state index contributed by atoms with van der Waals surface area (Å²) in [5, 5.41) is 2.65. The van der Waals surface area contributed by atoms with Crippen LogP contribution in [0.15, 0.2) is 36.4 Å². The number of ether oxygens (including phenoxy) is 3. The topological polar surface area (TPSA) is 111 Å². The summed E-state index contributed by atoms with van der Waals surface area (Å²) in [6.07, 6.45) is 1.53. The van der Waals surface area contributed by atoms with E-state index in [9.17, 15) is 19.2 Å². The number of rotatable bonds is 7. The van der Waals surface area contributed by atoms with E-state index in [2.05, 4.69) is 5.32 Å². The molecule has 1 saturated heterocycles. The Kier molecular flexibility index (Phi) is 6.41.